The van der Waals surface area contributed by atoms with Gasteiger partial charge in [0.1, 0.15) is 11.6 Å². The van der Waals surface area contributed by atoms with E-state index in [9.17, 15) is 23.2 Å². The van der Waals surface area contributed by atoms with Gasteiger partial charge in [0, 0.05) is 0 Å². The van der Waals surface area contributed by atoms with Gasteiger partial charge in [-0.2, -0.15) is 0 Å². The first kappa shape index (κ1) is 31.1. The van der Waals surface area contributed by atoms with Gasteiger partial charge in [-0.25, -0.2) is 23.4 Å². The molecule has 0 spiro atoms. The number of carboxylic acid groups (broad SMARTS) is 1. The summed E-state index contributed by atoms with van der Waals surface area (Å²) < 4.78 is 34.5. The molecule has 2 aromatic carbocycles. The Morgan fingerprint density at radius 1 is 0.878 bits per heavy atom. The van der Waals surface area contributed by atoms with Crippen LogP contribution in [0.5, 0.6) is 0 Å². The lowest BCUT2D eigenvalue weighted by Crippen LogP contribution is -2.18. The molecule has 0 unspecified atom stereocenters. The number of aromatic carboxylic acids is 1. The fraction of sp³-hybridized carbons (Fsp3) is 0. The van der Waals surface area contributed by atoms with Crippen LogP contribution in [-0.2, 0) is 0 Å². The van der Waals surface area contributed by atoms with Crippen LogP contribution in [0.2, 0.25) is 0 Å². The summed E-state index contributed by atoms with van der Waals surface area (Å²) in [5.41, 5.74) is 10.7. The number of nitrogens with zero attached hydrogens (tertiary/aromatic N) is 11. The fourth-order valence-electron chi connectivity index (χ4n) is 4.21. The third kappa shape index (κ3) is 5.80. The van der Waals surface area contributed by atoms with E-state index in [1.54, 1.807) is 0 Å². The number of halogens is 2. The highest BCUT2D eigenvalue weighted by atomic mass is 19.1. The average Bonchev–Trinajstić information content (AvgIpc) is 3.76. The summed E-state index contributed by atoms with van der Waals surface area (Å²) >= 11 is 0. The second-order valence-corrected chi connectivity index (χ2v) is 9.53. The number of nitrogen functional groups attached to an aromatic ring is 2. The van der Waals surface area contributed by atoms with Crippen molar-refractivity contribution < 1.29 is 27.9 Å². The van der Waals surface area contributed by atoms with E-state index < -0.39 is 34.7 Å². The minimum absolute atomic E-state index is 0.0186. The number of terminal acetylenes is 2. The lowest BCUT2D eigenvalue weighted by molar-refractivity contribution is 0.0697. The maximum Gasteiger partial charge on any atom is 0.347 e. The molecule has 1 amide bonds. The molecule has 0 radical (unpaired) electrons. The maximum absolute atomic E-state index is 13.7. The molecule has 7 aromatic rings. The van der Waals surface area contributed by atoms with E-state index in [1.165, 1.54) is 18.2 Å². The Bertz CT molecular complexity index is 2660. The molecule has 0 atom stereocenters. The smallest absolute Gasteiger partial charge is 0.347 e. The molecule has 6 N–H and O–H groups in total. The number of carbonyl (C=O) groups is 2. The Kier molecular flexibility index (Phi) is 7.67. The summed E-state index contributed by atoms with van der Waals surface area (Å²) in [5.74, 6) is 0.277. The number of nitrogens with two attached hydrogens (primary N) is 2. The summed E-state index contributed by atoms with van der Waals surface area (Å²) in [7, 11) is 0. The third-order valence-electron chi connectivity index (χ3n) is 6.48. The van der Waals surface area contributed by atoms with Crippen molar-refractivity contribution in [3.8, 4) is 36.3 Å². The second kappa shape index (κ2) is 12.1. The SMILES string of the molecule is C#Cc1cc(NC(=O)c2cc(N)c3nnnn3n2)c(C(=O)O)cc1F.C#Cc1cc2nc(-c3cc(N)c4nnnn4n3)oc(=O)c2cc1F. The van der Waals surface area contributed by atoms with Crippen molar-refractivity contribution in [3.05, 3.63) is 80.8 Å². The van der Waals surface area contributed by atoms with Crippen LogP contribution in [-0.4, -0.2) is 72.5 Å². The second-order valence-electron chi connectivity index (χ2n) is 9.53. The number of hydrogen-bond donors (Lipinski definition) is 4. The molecule has 21 heteroatoms. The lowest BCUT2D eigenvalue weighted by Gasteiger charge is -2.10. The van der Waals surface area contributed by atoms with E-state index in [1.807, 2.05) is 0 Å². The Labute approximate surface area is 268 Å². The molecule has 19 nitrogen and oxygen atoms in total. The molecule has 0 saturated carbocycles. The van der Waals surface area contributed by atoms with Gasteiger partial charge in [-0.1, -0.05) is 11.8 Å². The number of hydrogen-bond acceptors (Lipinski definition) is 15. The van der Waals surface area contributed by atoms with E-state index in [-0.39, 0.29) is 67.7 Å². The number of nitrogens with one attached hydrogen (secondary N) is 1. The van der Waals surface area contributed by atoms with Crippen LogP contribution in [0, 0.1) is 36.3 Å². The van der Waals surface area contributed by atoms with Crippen LogP contribution in [0.4, 0.5) is 25.8 Å². The molecule has 0 aliphatic carbocycles. The van der Waals surface area contributed by atoms with Crippen LogP contribution in [0.1, 0.15) is 32.0 Å². The standard InChI is InChI=1S/C14H8FN7O3.C14H6FN7O2/c1-2-6-3-10(7(14(24)25)4-8(6)15)17-13(23)11-5-9(16)12-18-20-21-22(12)19-11;1-2-6-3-10-7(4-8(6)15)14(23)24-13(17-10)11-5-9(16)12-18-20-21-22(12)19-11/h1,3-5H,16H2,(H,17,23)(H,24,25);1,3-5H,16H2. The molecular formula is C28H14F2N14O5. The largest absolute Gasteiger partial charge is 0.478 e. The predicted molar refractivity (Wildman–Crippen MR) is 162 cm³/mol. The number of carbonyl (C=O) groups excluding carboxylic acids is 1. The van der Waals surface area contributed by atoms with Crippen LogP contribution in [0.15, 0.2) is 45.6 Å². The zero-order valence-electron chi connectivity index (χ0n) is 24.0. The van der Waals surface area contributed by atoms with Crippen LogP contribution in [0.25, 0.3) is 33.8 Å². The van der Waals surface area contributed by atoms with Gasteiger partial charge >= 0.3 is 11.6 Å². The minimum atomic E-state index is -1.44. The first-order valence-corrected chi connectivity index (χ1v) is 13.1. The zero-order chi connectivity index (χ0) is 35.0. The molecular weight excluding hydrogens is 650 g/mol. The predicted octanol–water partition coefficient (Wildman–Crippen LogP) is 0.563. The molecule has 7 rings (SSSR count). The highest BCUT2D eigenvalue weighted by Gasteiger charge is 2.20. The van der Waals surface area contributed by atoms with Gasteiger partial charge in [0.05, 0.1) is 44.7 Å². The van der Waals surface area contributed by atoms with Gasteiger partial charge < -0.3 is 26.3 Å². The van der Waals surface area contributed by atoms with Gasteiger partial charge in [0.25, 0.3) is 11.8 Å². The van der Waals surface area contributed by atoms with Crippen molar-refractivity contribution in [3.63, 3.8) is 0 Å². The van der Waals surface area contributed by atoms with Crippen molar-refractivity contribution in [2.45, 2.75) is 0 Å². The molecule has 0 saturated heterocycles. The fourth-order valence-corrected chi connectivity index (χ4v) is 4.21. The van der Waals surface area contributed by atoms with E-state index in [2.05, 4.69) is 63.4 Å². The number of carboxylic acids is 1. The number of amides is 1. The zero-order valence-corrected chi connectivity index (χ0v) is 24.0. The van der Waals surface area contributed by atoms with Crippen molar-refractivity contribution in [2.75, 3.05) is 16.8 Å². The molecule has 0 fully saturated rings. The number of rotatable bonds is 4. The summed E-state index contributed by atoms with van der Waals surface area (Å²) in [6.07, 6.45) is 10.4. The summed E-state index contributed by atoms with van der Waals surface area (Å²) in [6, 6.07) is 6.65. The van der Waals surface area contributed by atoms with Gasteiger partial charge in [-0.3, -0.25) is 4.79 Å². The van der Waals surface area contributed by atoms with Crippen LogP contribution < -0.4 is 22.4 Å². The number of anilines is 3. The highest BCUT2D eigenvalue weighted by molar-refractivity contribution is 6.07. The van der Waals surface area contributed by atoms with Crippen molar-refractivity contribution >= 4 is 51.1 Å². The molecule has 0 bridgehead atoms. The molecule has 5 aromatic heterocycles. The highest BCUT2D eigenvalue weighted by Crippen LogP contribution is 2.23. The first-order chi connectivity index (χ1) is 23.5. The normalized spacial score (nSPS) is 10.7. The van der Waals surface area contributed by atoms with E-state index in [0.29, 0.717) is 0 Å². The maximum atomic E-state index is 13.7. The van der Waals surface area contributed by atoms with E-state index in [0.717, 1.165) is 27.5 Å². The number of tetrazole rings is 2. The summed E-state index contributed by atoms with van der Waals surface area (Å²) in [6.45, 7) is 0. The quantitative estimate of drug-likeness (QED) is 0.187. The van der Waals surface area contributed by atoms with Gasteiger partial charge in [0.2, 0.25) is 11.3 Å². The Morgan fingerprint density at radius 2 is 1.49 bits per heavy atom. The number of aromatic nitrogens is 11. The third-order valence-corrected chi connectivity index (χ3v) is 6.48. The number of fused-ring (bicyclic) bond motifs is 3. The van der Waals surface area contributed by atoms with Crippen LogP contribution >= 0.6 is 0 Å². The lowest BCUT2D eigenvalue weighted by atomic mass is 10.1. The van der Waals surface area contributed by atoms with Gasteiger partial charge in [0.15, 0.2) is 11.4 Å². The van der Waals surface area contributed by atoms with Gasteiger partial charge in [-0.05, 0) is 57.3 Å². The molecule has 240 valence electrons. The summed E-state index contributed by atoms with van der Waals surface area (Å²) in [5, 5.41) is 40.6. The molecule has 0 aliphatic rings. The van der Waals surface area contributed by atoms with Crippen molar-refractivity contribution in [1.82, 2.24) is 55.5 Å². The van der Waals surface area contributed by atoms with Crippen LogP contribution in [0.3, 0.4) is 0 Å². The molecule has 0 aliphatic heterocycles. The van der Waals surface area contributed by atoms with E-state index in [4.69, 9.17) is 33.8 Å². The molecule has 5 heterocycles. The number of benzene rings is 2. The topological polar surface area (TPSA) is 273 Å². The Hall–Kier alpha value is -7.94. The van der Waals surface area contributed by atoms with E-state index >= 15 is 0 Å². The Morgan fingerprint density at radius 3 is 2.14 bits per heavy atom. The Balaban J connectivity index is 0.000000170. The monoisotopic (exact) mass is 664 g/mol. The molecule has 49 heavy (non-hydrogen) atoms. The average molecular weight is 665 g/mol. The van der Waals surface area contributed by atoms with Crippen molar-refractivity contribution in [2.24, 2.45) is 0 Å². The first-order valence-electron chi connectivity index (χ1n) is 13.1. The van der Waals surface area contributed by atoms with Crippen molar-refractivity contribution in [1.29, 1.82) is 0 Å². The summed E-state index contributed by atoms with van der Waals surface area (Å²) in [4.78, 5) is 39.8. The van der Waals surface area contributed by atoms with Gasteiger partial charge in [-0.15, -0.1) is 42.5 Å². The minimum Gasteiger partial charge on any atom is -0.478 e.